The van der Waals surface area contributed by atoms with Crippen molar-refractivity contribution in [3.63, 3.8) is 0 Å². The minimum atomic E-state index is -0.481. The number of guanidine groups is 1. The Balaban J connectivity index is 1.70. The summed E-state index contributed by atoms with van der Waals surface area (Å²) < 4.78 is 6.73. The third-order valence-electron chi connectivity index (χ3n) is 4.67. The molecule has 3 aromatic rings. The number of fused-ring (bicyclic) bond motifs is 1. The SMILES string of the molecule is COc1ccc(CCn2cc(C(=O)N=C3N=CC=N3)c3ccccc3c2=O)cc1. The molecule has 2 aromatic carbocycles. The highest BCUT2D eigenvalue weighted by molar-refractivity contribution is 6.27. The van der Waals surface area contributed by atoms with E-state index >= 15 is 0 Å². The van der Waals surface area contributed by atoms with Crippen molar-refractivity contribution in [2.45, 2.75) is 13.0 Å². The van der Waals surface area contributed by atoms with Gasteiger partial charge in [-0.2, -0.15) is 4.99 Å². The molecule has 1 aliphatic rings. The average Bonchev–Trinajstić information content (AvgIpc) is 3.26. The molecule has 0 saturated heterocycles. The number of methoxy groups -OCH3 is 1. The Hall–Kier alpha value is -3.87. The van der Waals surface area contributed by atoms with Gasteiger partial charge in [-0.15, -0.1) is 0 Å². The molecule has 0 N–H and O–H groups in total. The lowest BCUT2D eigenvalue weighted by atomic mass is 10.1. The van der Waals surface area contributed by atoms with Gasteiger partial charge in [0.05, 0.1) is 12.7 Å². The third-order valence-corrected chi connectivity index (χ3v) is 4.67. The fraction of sp³-hybridized carbons (Fsp3) is 0.136. The fourth-order valence-electron chi connectivity index (χ4n) is 3.16. The van der Waals surface area contributed by atoms with E-state index in [1.54, 1.807) is 42.1 Å². The number of hydrogen-bond acceptors (Lipinski definition) is 3. The molecule has 2 heterocycles. The van der Waals surface area contributed by atoms with E-state index in [0.29, 0.717) is 29.3 Å². The van der Waals surface area contributed by atoms with Gasteiger partial charge >= 0.3 is 0 Å². The van der Waals surface area contributed by atoms with Gasteiger partial charge in [-0.3, -0.25) is 9.59 Å². The van der Waals surface area contributed by atoms with E-state index in [-0.39, 0.29) is 11.5 Å². The van der Waals surface area contributed by atoms with Crippen molar-refractivity contribution in [3.05, 3.63) is 76.2 Å². The molecular weight excluding hydrogens is 368 g/mol. The second-order valence-corrected chi connectivity index (χ2v) is 6.46. The first kappa shape index (κ1) is 18.5. The molecule has 7 nitrogen and oxygen atoms in total. The molecule has 29 heavy (non-hydrogen) atoms. The first-order chi connectivity index (χ1) is 14.2. The van der Waals surface area contributed by atoms with Gasteiger partial charge in [0.25, 0.3) is 17.4 Å². The topological polar surface area (TPSA) is 85.4 Å². The Morgan fingerprint density at radius 1 is 1.03 bits per heavy atom. The molecule has 7 heteroatoms. The Bertz CT molecular complexity index is 1210. The first-order valence-electron chi connectivity index (χ1n) is 9.10. The van der Waals surface area contributed by atoms with E-state index in [1.807, 2.05) is 24.3 Å². The predicted octanol–water partition coefficient (Wildman–Crippen LogP) is 2.90. The molecule has 0 unspecified atom stereocenters. The van der Waals surface area contributed by atoms with Crippen molar-refractivity contribution in [2.75, 3.05) is 7.11 Å². The molecule has 0 bridgehead atoms. The lowest BCUT2D eigenvalue weighted by molar-refractivity contribution is 0.100. The summed E-state index contributed by atoms with van der Waals surface area (Å²) in [5.41, 5.74) is 1.27. The van der Waals surface area contributed by atoms with Gasteiger partial charge < -0.3 is 9.30 Å². The van der Waals surface area contributed by atoms with Crippen LogP contribution in [-0.4, -0.2) is 36.0 Å². The number of carbonyl (C=O) groups is 1. The van der Waals surface area contributed by atoms with Crippen LogP contribution in [0.15, 0.2) is 74.5 Å². The summed E-state index contributed by atoms with van der Waals surface area (Å²) in [5, 5.41) is 1.05. The van der Waals surface area contributed by atoms with Crippen molar-refractivity contribution < 1.29 is 9.53 Å². The summed E-state index contributed by atoms with van der Waals surface area (Å²) in [6.07, 6.45) is 5.15. The van der Waals surface area contributed by atoms with Crippen LogP contribution in [0.4, 0.5) is 0 Å². The molecule has 0 atom stereocenters. The molecule has 0 fully saturated rings. The van der Waals surface area contributed by atoms with Crippen LogP contribution in [0.2, 0.25) is 0 Å². The van der Waals surface area contributed by atoms with Crippen LogP contribution in [0.5, 0.6) is 5.75 Å². The number of aromatic nitrogens is 1. The minimum Gasteiger partial charge on any atom is -0.497 e. The van der Waals surface area contributed by atoms with Crippen molar-refractivity contribution in [2.24, 2.45) is 15.0 Å². The molecule has 0 saturated carbocycles. The highest BCUT2D eigenvalue weighted by Gasteiger charge is 2.15. The zero-order valence-corrected chi connectivity index (χ0v) is 15.8. The van der Waals surface area contributed by atoms with Gasteiger partial charge in [0, 0.05) is 35.9 Å². The van der Waals surface area contributed by atoms with Crippen LogP contribution >= 0.6 is 0 Å². The van der Waals surface area contributed by atoms with Crippen molar-refractivity contribution in [1.82, 2.24) is 4.57 Å². The number of aliphatic imine (C=N–C) groups is 3. The van der Waals surface area contributed by atoms with Crippen LogP contribution in [0.25, 0.3) is 10.8 Å². The maximum absolute atomic E-state index is 12.9. The van der Waals surface area contributed by atoms with Crippen molar-refractivity contribution in [1.29, 1.82) is 0 Å². The number of carbonyl (C=O) groups excluding carboxylic acids is 1. The van der Waals surface area contributed by atoms with Crippen molar-refractivity contribution in [3.8, 4) is 5.75 Å². The standard InChI is InChI=1S/C22H18N4O3/c1-29-16-8-6-15(7-9-16)10-13-26-14-19(20(27)25-22-23-11-12-24-22)17-4-2-3-5-18(17)21(26)28/h2-9,11-12,14H,10,13H2,1H3. The summed E-state index contributed by atoms with van der Waals surface area (Å²) in [6, 6.07) is 14.7. The summed E-state index contributed by atoms with van der Waals surface area (Å²) in [4.78, 5) is 37.5. The number of ether oxygens (including phenoxy) is 1. The van der Waals surface area contributed by atoms with E-state index in [9.17, 15) is 9.59 Å². The van der Waals surface area contributed by atoms with Crippen molar-refractivity contribution >= 4 is 35.1 Å². The number of benzene rings is 2. The van der Waals surface area contributed by atoms with Crippen LogP contribution < -0.4 is 10.3 Å². The van der Waals surface area contributed by atoms with Gasteiger partial charge in [0.2, 0.25) is 0 Å². The third kappa shape index (κ3) is 3.89. The molecule has 1 aromatic heterocycles. The van der Waals surface area contributed by atoms with Crippen LogP contribution in [0.1, 0.15) is 15.9 Å². The Labute approximate surface area is 166 Å². The highest BCUT2D eigenvalue weighted by Crippen LogP contribution is 2.18. The molecule has 1 amide bonds. The molecule has 0 spiro atoms. The summed E-state index contributed by atoms with van der Waals surface area (Å²) in [7, 11) is 1.62. The van der Waals surface area contributed by atoms with Gasteiger partial charge in [-0.1, -0.05) is 30.3 Å². The average molecular weight is 386 g/mol. The van der Waals surface area contributed by atoms with E-state index in [2.05, 4.69) is 15.0 Å². The van der Waals surface area contributed by atoms with Crippen LogP contribution in [-0.2, 0) is 13.0 Å². The zero-order valence-electron chi connectivity index (χ0n) is 15.8. The zero-order chi connectivity index (χ0) is 20.2. The number of aryl methyl sites for hydroxylation is 2. The Morgan fingerprint density at radius 3 is 2.41 bits per heavy atom. The second kappa shape index (κ2) is 8.02. The monoisotopic (exact) mass is 386 g/mol. The molecule has 4 rings (SSSR count). The summed E-state index contributed by atoms with van der Waals surface area (Å²) in [5.74, 6) is 0.404. The van der Waals surface area contributed by atoms with Crippen LogP contribution in [0, 0.1) is 0 Å². The number of nitrogens with zero attached hydrogens (tertiary/aromatic N) is 4. The first-order valence-corrected chi connectivity index (χ1v) is 9.10. The van der Waals surface area contributed by atoms with E-state index in [1.165, 1.54) is 12.4 Å². The summed E-state index contributed by atoms with van der Waals surface area (Å²) >= 11 is 0. The second-order valence-electron chi connectivity index (χ2n) is 6.46. The highest BCUT2D eigenvalue weighted by atomic mass is 16.5. The van der Waals surface area contributed by atoms with Gasteiger partial charge in [-0.05, 0) is 30.2 Å². The molecule has 0 aliphatic carbocycles. The van der Waals surface area contributed by atoms with Gasteiger partial charge in [0.1, 0.15) is 5.75 Å². The maximum atomic E-state index is 12.9. The number of hydrogen-bond donors (Lipinski definition) is 0. The fourth-order valence-corrected chi connectivity index (χ4v) is 3.16. The lowest BCUT2D eigenvalue weighted by Crippen LogP contribution is -2.23. The Kier molecular flexibility index (Phi) is 5.11. The summed E-state index contributed by atoms with van der Waals surface area (Å²) in [6.45, 7) is 0.434. The lowest BCUT2D eigenvalue weighted by Gasteiger charge is -2.11. The van der Waals surface area contributed by atoms with E-state index in [4.69, 9.17) is 4.74 Å². The number of pyridine rings is 1. The van der Waals surface area contributed by atoms with Gasteiger partial charge in [0.15, 0.2) is 0 Å². The number of amides is 1. The largest absolute Gasteiger partial charge is 0.497 e. The quantitative estimate of drug-likeness (QED) is 0.676. The maximum Gasteiger partial charge on any atom is 0.282 e. The molecule has 0 radical (unpaired) electrons. The number of rotatable bonds is 5. The van der Waals surface area contributed by atoms with Crippen LogP contribution in [0.3, 0.4) is 0 Å². The van der Waals surface area contributed by atoms with Gasteiger partial charge in [-0.25, -0.2) is 9.98 Å². The Morgan fingerprint density at radius 2 is 1.72 bits per heavy atom. The molecular formula is C22H18N4O3. The predicted molar refractivity (Wildman–Crippen MR) is 114 cm³/mol. The molecule has 1 aliphatic heterocycles. The normalized spacial score (nSPS) is 12.5. The smallest absolute Gasteiger partial charge is 0.282 e. The molecule has 144 valence electrons. The van der Waals surface area contributed by atoms with E-state index < -0.39 is 5.91 Å². The van der Waals surface area contributed by atoms with E-state index in [0.717, 1.165) is 11.3 Å². The minimum absolute atomic E-state index is 0.107.